The molecule has 1 fully saturated rings. The van der Waals surface area contributed by atoms with Gasteiger partial charge in [-0.1, -0.05) is 58.4 Å². The fourth-order valence-corrected chi connectivity index (χ4v) is 6.39. The molecule has 2 amide bonds. The first-order valence-corrected chi connectivity index (χ1v) is 15.1. The van der Waals surface area contributed by atoms with Crippen molar-refractivity contribution < 1.29 is 22.4 Å². The number of hydrogen-bond donors (Lipinski definition) is 0. The topological polar surface area (TPSA) is 78.0 Å². The van der Waals surface area contributed by atoms with Gasteiger partial charge < -0.3 is 9.80 Å². The number of piperidine rings is 1. The van der Waals surface area contributed by atoms with Crippen molar-refractivity contribution in [3.8, 4) is 0 Å². The number of nitrogens with zero attached hydrogens (tertiary/aromatic N) is 3. The average Bonchev–Trinajstić information content (AvgIpc) is 2.87. The maximum atomic E-state index is 13.9. The molecule has 0 aliphatic carbocycles. The third-order valence-electron chi connectivity index (χ3n) is 6.75. The molecule has 0 aromatic heterocycles. The number of benzene rings is 2. The lowest BCUT2D eigenvalue weighted by atomic mass is 9.92. The lowest BCUT2D eigenvalue weighted by molar-refractivity contribution is -0.142. The Balaban J connectivity index is 1.86. The van der Waals surface area contributed by atoms with Crippen molar-refractivity contribution in [3.63, 3.8) is 0 Å². The van der Waals surface area contributed by atoms with E-state index in [0.29, 0.717) is 31.0 Å². The fraction of sp³-hybridized carbons (Fsp3) is 0.517. The molecule has 1 heterocycles. The molecule has 39 heavy (non-hydrogen) atoms. The van der Waals surface area contributed by atoms with Crippen LogP contribution >= 0.6 is 11.6 Å². The highest BCUT2D eigenvalue weighted by molar-refractivity contribution is 7.89. The van der Waals surface area contributed by atoms with Gasteiger partial charge in [0.05, 0.1) is 11.4 Å². The Kier molecular flexibility index (Phi) is 10.2. The van der Waals surface area contributed by atoms with E-state index in [2.05, 4.69) is 0 Å². The van der Waals surface area contributed by atoms with Crippen molar-refractivity contribution in [2.45, 2.75) is 64.9 Å². The Morgan fingerprint density at radius 3 is 2.10 bits per heavy atom. The number of hydrogen-bond acceptors (Lipinski definition) is 4. The summed E-state index contributed by atoms with van der Waals surface area (Å²) in [6.07, 6.45) is 1.14. The second-order valence-corrected chi connectivity index (χ2v) is 13.9. The van der Waals surface area contributed by atoms with Crippen LogP contribution in [0.15, 0.2) is 53.4 Å². The van der Waals surface area contributed by atoms with Gasteiger partial charge in [0.15, 0.2) is 0 Å². The van der Waals surface area contributed by atoms with Crippen LogP contribution in [0, 0.1) is 17.2 Å². The number of amides is 2. The maximum Gasteiger partial charge on any atom is 0.243 e. The van der Waals surface area contributed by atoms with Crippen LogP contribution in [0.4, 0.5) is 4.39 Å². The van der Waals surface area contributed by atoms with Crippen LogP contribution in [0.3, 0.4) is 0 Å². The first kappa shape index (κ1) is 31.0. The molecule has 0 N–H and O–H groups in total. The van der Waals surface area contributed by atoms with Gasteiger partial charge in [-0.3, -0.25) is 9.59 Å². The summed E-state index contributed by atoms with van der Waals surface area (Å²) in [7, 11) is -3.96. The highest BCUT2D eigenvalue weighted by atomic mass is 35.5. The van der Waals surface area contributed by atoms with Crippen LogP contribution < -0.4 is 0 Å². The highest BCUT2D eigenvalue weighted by Crippen LogP contribution is 2.26. The van der Waals surface area contributed by atoms with Crippen molar-refractivity contribution in [2.24, 2.45) is 11.3 Å². The van der Waals surface area contributed by atoms with Gasteiger partial charge in [0.1, 0.15) is 5.82 Å². The summed E-state index contributed by atoms with van der Waals surface area (Å²) in [4.78, 5) is 30.2. The predicted molar refractivity (Wildman–Crippen MR) is 151 cm³/mol. The van der Waals surface area contributed by atoms with E-state index in [0.717, 1.165) is 5.56 Å². The number of sulfonamides is 1. The monoisotopic (exact) mass is 579 g/mol. The van der Waals surface area contributed by atoms with E-state index in [9.17, 15) is 22.4 Å². The minimum absolute atomic E-state index is 0.0166. The summed E-state index contributed by atoms with van der Waals surface area (Å²) in [6.45, 7) is 10.5. The van der Waals surface area contributed by atoms with Crippen LogP contribution in [-0.4, -0.2) is 66.6 Å². The highest BCUT2D eigenvalue weighted by Gasteiger charge is 2.35. The molecule has 0 unspecified atom stereocenters. The average molecular weight is 580 g/mol. The molecule has 0 spiro atoms. The van der Waals surface area contributed by atoms with Crippen molar-refractivity contribution >= 4 is 33.4 Å². The van der Waals surface area contributed by atoms with Gasteiger partial charge in [0.2, 0.25) is 21.8 Å². The van der Waals surface area contributed by atoms with Crippen LogP contribution in [-0.2, 0) is 26.2 Å². The molecular formula is C29H39ClFN3O4S. The van der Waals surface area contributed by atoms with E-state index >= 15 is 0 Å². The summed E-state index contributed by atoms with van der Waals surface area (Å²) >= 11 is 5.96. The van der Waals surface area contributed by atoms with Gasteiger partial charge in [0.25, 0.3) is 0 Å². The van der Waals surface area contributed by atoms with Gasteiger partial charge in [0, 0.05) is 42.7 Å². The molecule has 3 rings (SSSR count). The number of likely N-dealkylation sites (tertiary alicyclic amines) is 1. The molecule has 0 atom stereocenters. The molecule has 10 heteroatoms. The molecule has 214 valence electrons. The Morgan fingerprint density at radius 1 is 1.03 bits per heavy atom. The molecule has 2 aromatic rings. The zero-order valence-corrected chi connectivity index (χ0v) is 24.9. The third-order valence-corrected chi connectivity index (χ3v) is 8.83. The Labute approximate surface area is 237 Å². The number of carbonyl (C=O) groups is 2. The quantitative estimate of drug-likeness (QED) is 0.409. The molecule has 1 aliphatic rings. The lowest BCUT2D eigenvalue weighted by Crippen LogP contribution is -2.52. The van der Waals surface area contributed by atoms with Crippen LogP contribution in [0.1, 0.15) is 53.0 Å². The van der Waals surface area contributed by atoms with Crippen LogP contribution in [0.25, 0.3) is 0 Å². The summed E-state index contributed by atoms with van der Waals surface area (Å²) in [5, 5.41) is 0.419. The Hall–Kier alpha value is -2.49. The van der Waals surface area contributed by atoms with Crippen LogP contribution in [0.2, 0.25) is 5.02 Å². The standard InChI is InChI=1S/C29H39ClFN3O4S/c1-21(2)18-33(39(37,38)26-12-8-23(30)9-13-26)20-27(35)34(19-22-6-10-24(31)11-7-22)25-14-16-32(17-15-25)28(36)29(3,4)5/h6-13,21,25H,14-20H2,1-5H3. The minimum atomic E-state index is -3.96. The van der Waals surface area contributed by atoms with E-state index in [1.807, 2.05) is 39.5 Å². The third kappa shape index (κ3) is 8.25. The van der Waals surface area contributed by atoms with Gasteiger partial charge in [-0.15, -0.1) is 0 Å². The smallest absolute Gasteiger partial charge is 0.243 e. The van der Waals surface area contributed by atoms with E-state index in [1.165, 1.54) is 40.7 Å². The summed E-state index contributed by atoms with van der Waals surface area (Å²) in [6, 6.07) is 11.7. The molecule has 0 bridgehead atoms. The van der Waals surface area contributed by atoms with Crippen molar-refractivity contribution in [2.75, 3.05) is 26.2 Å². The van der Waals surface area contributed by atoms with Crippen molar-refractivity contribution in [1.82, 2.24) is 14.1 Å². The van der Waals surface area contributed by atoms with Gasteiger partial charge in [-0.25, -0.2) is 12.8 Å². The van der Waals surface area contributed by atoms with E-state index < -0.39 is 15.4 Å². The summed E-state index contributed by atoms with van der Waals surface area (Å²) in [5.74, 6) is -0.660. The molecule has 7 nitrogen and oxygen atoms in total. The molecular weight excluding hydrogens is 541 g/mol. The molecule has 0 radical (unpaired) electrons. The van der Waals surface area contributed by atoms with Gasteiger partial charge >= 0.3 is 0 Å². The lowest BCUT2D eigenvalue weighted by Gasteiger charge is -2.41. The predicted octanol–water partition coefficient (Wildman–Crippen LogP) is 5.19. The van der Waals surface area contributed by atoms with Crippen molar-refractivity contribution in [3.05, 3.63) is 64.9 Å². The molecule has 2 aromatic carbocycles. The van der Waals surface area contributed by atoms with Gasteiger partial charge in [-0.2, -0.15) is 4.31 Å². The van der Waals surface area contributed by atoms with E-state index in [1.54, 1.807) is 17.0 Å². The van der Waals surface area contributed by atoms with E-state index in [-0.39, 0.29) is 54.1 Å². The normalized spacial score (nSPS) is 15.2. The number of rotatable bonds is 9. The van der Waals surface area contributed by atoms with Crippen LogP contribution in [0.5, 0.6) is 0 Å². The fourth-order valence-electron chi connectivity index (χ4n) is 4.71. The molecule has 1 saturated heterocycles. The van der Waals surface area contributed by atoms with Crippen molar-refractivity contribution in [1.29, 1.82) is 0 Å². The zero-order chi connectivity index (χ0) is 29.0. The first-order chi connectivity index (χ1) is 18.2. The first-order valence-electron chi connectivity index (χ1n) is 13.3. The summed E-state index contributed by atoms with van der Waals surface area (Å²) in [5.41, 5.74) is 0.248. The van der Waals surface area contributed by atoms with Gasteiger partial charge in [-0.05, 0) is 60.7 Å². The molecule has 1 aliphatic heterocycles. The summed E-state index contributed by atoms with van der Waals surface area (Å²) < 4.78 is 41.9. The largest absolute Gasteiger partial charge is 0.342 e. The maximum absolute atomic E-state index is 13.9. The Bertz CT molecular complexity index is 1240. The van der Waals surface area contributed by atoms with E-state index in [4.69, 9.17) is 11.6 Å². The SMILES string of the molecule is CC(C)CN(CC(=O)N(Cc1ccc(F)cc1)C1CCN(C(=O)C(C)(C)C)CC1)S(=O)(=O)c1ccc(Cl)cc1. The molecule has 0 saturated carbocycles. The minimum Gasteiger partial charge on any atom is -0.342 e. The number of halogens is 2. The second-order valence-electron chi connectivity index (χ2n) is 11.6. The Morgan fingerprint density at radius 2 is 1.59 bits per heavy atom. The zero-order valence-electron chi connectivity index (χ0n) is 23.4. The second kappa shape index (κ2) is 12.8. The number of carbonyl (C=O) groups excluding carboxylic acids is 2.